The maximum atomic E-state index is 11.9. The van der Waals surface area contributed by atoms with Crippen LogP contribution in [0.25, 0.3) is 0 Å². The SMILES string of the molecule is O=C(CN1CCNCC1)NCC1CC2CCC1C2. The fourth-order valence-corrected chi connectivity index (χ4v) is 4.00. The molecule has 0 aromatic rings. The number of carbonyl (C=O) groups is 1. The summed E-state index contributed by atoms with van der Waals surface area (Å²) in [6, 6.07) is 0. The Bertz CT molecular complexity index is 301. The molecule has 3 fully saturated rings. The molecule has 3 unspecified atom stereocenters. The summed E-state index contributed by atoms with van der Waals surface area (Å²) in [7, 11) is 0. The van der Waals surface area contributed by atoms with Crippen molar-refractivity contribution in [2.45, 2.75) is 25.7 Å². The molecule has 0 aromatic carbocycles. The van der Waals surface area contributed by atoms with Gasteiger partial charge < -0.3 is 10.6 Å². The number of hydrogen-bond acceptors (Lipinski definition) is 3. The summed E-state index contributed by atoms with van der Waals surface area (Å²) in [6.07, 6.45) is 5.63. The molecule has 4 nitrogen and oxygen atoms in total. The van der Waals surface area contributed by atoms with Gasteiger partial charge in [-0.15, -0.1) is 0 Å². The second kappa shape index (κ2) is 5.57. The molecule has 3 rings (SSSR count). The third kappa shape index (κ3) is 2.86. The highest BCUT2D eigenvalue weighted by atomic mass is 16.2. The van der Waals surface area contributed by atoms with Gasteiger partial charge in [0.05, 0.1) is 6.54 Å². The molecule has 2 aliphatic carbocycles. The van der Waals surface area contributed by atoms with E-state index in [2.05, 4.69) is 15.5 Å². The van der Waals surface area contributed by atoms with E-state index >= 15 is 0 Å². The van der Waals surface area contributed by atoms with Gasteiger partial charge in [0.1, 0.15) is 0 Å². The number of nitrogens with one attached hydrogen (secondary N) is 2. The van der Waals surface area contributed by atoms with Gasteiger partial charge >= 0.3 is 0 Å². The molecular formula is C14H25N3O. The Morgan fingerprint density at radius 3 is 2.72 bits per heavy atom. The second-order valence-electron chi connectivity index (χ2n) is 6.27. The molecular weight excluding hydrogens is 226 g/mol. The molecule has 2 N–H and O–H groups in total. The number of amides is 1. The Kier molecular flexibility index (Phi) is 3.85. The van der Waals surface area contributed by atoms with Crippen molar-refractivity contribution >= 4 is 5.91 Å². The summed E-state index contributed by atoms with van der Waals surface area (Å²) in [4.78, 5) is 14.1. The van der Waals surface area contributed by atoms with Crippen LogP contribution in [-0.2, 0) is 4.79 Å². The smallest absolute Gasteiger partial charge is 0.234 e. The maximum absolute atomic E-state index is 11.9. The second-order valence-corrected chi connectivity index (χ2v) is 6.27. The lowest BCUT2D eigenvalue weighted by atomic mass is 9.89. The first-order chi connectivity index (χ1) is 8.81. The van der Waals surface area contributed by atoms with Crippen LogP contribution in [0.5, 0.6) is 0 Å². The number of rotatable bonds is 4. The molecule has 2 bridgehead atoms. The van der Waals surface area contributed by atoms with Crippen LogP contribution in [0.15, 0.2) is 0 Å². The summed E-state index contributed by atoms with van der Waals surface area (Å²) in [5.74, 6) is 2.88. The van der Waals surface area contributed by atoms with Crippen LogP contribution < -0.4 is 10.6 Å². The van der Waals surface area contributed by atoms with Crippen molar-refractivity contribution in [1.82, 2.24) is 15.5 Å². The van der Waals surface area contributed by atoms with E-state index in [4.69, 9.17) is 0 Å². The number of nitrogens with zero attached hydrogens (tertiary/aromatic N) is 1. The first-order valence-electron chi connectivity index (χ1n) is 7.51. The maximum Gasteiger partial charge on any atom is 0.234 e. The molecule has 2 saturated carbocycles. The highest BCUT2D eigenvalue weighted by Crippen LogP contribution is 2.47. The minimum Gasteiger partial charge on any atom is -0.355 e. The van der Waals surface area contributed by atoms with Gasteiger partial charge in [-0.3, -0.25) is 9.69 Å². The summed E-state index contributed by atoms with van der Waals surface area (Å²) in [5, 5.41) is 6.47. The first kappa shape index (κ1) is 12.4. The zero-order valence-corrected chi connectivity index (χ0v) is 11.2. The van der Waals surface area contributed by atoms with Crippen molar-refractivity contribution in [1.29, 1.82) is 0 Å². The van der Waals surface area contributed by atoms with Crippen molar-refractivity contribution < 1.29 is 4.79 Å². The minimum absolute atomic E-state index is 0.222. The molecule has 1 heterocycles. The zero-order valence-electron chi connectivity index (χ0n) is 11.2. The summed E-state index contributed by atoms with van der Waals surface area (Å²) >= 11 is 0. The molecule has 1 saturated heterocycles. The number of piperazine rings is 1. The van der Waals surface area contributed by atoms with Gasteiger partial charge in [0, 0.05) is 32.7 Å². The predicted molar refractivity (Wildman–Crippen MR) is 71.3 cm³/mol. The molecule has 0 aromatic heterocycles. The van der Waals surface area contributed by atoms with Gasteiger partial charge in [0.25, 0.3) is 0 Å². The quantitative estimate of drug-likeness (QED) is 0.762. The zero-order chi connectivity index (χ0) is 12.4. The van der Waals surface area contributed by atoms with E-state index in [0.29, 0.717) is 6.54 Å². The van der Waals surface area contributed by atoms with Gasteiger partial charge in [-0.05, 0) is 37.0 Å². The van der Waals surface area contributed by atoms with Gasteiger partial charge in [-0.1, -0.05) is 6.42 Å². The molecule has 4 heteroatoms. The molecule has 18 heavy (non-hydrogen) atoms. The highest BCUT2D eigenvalue weighted by Gasteiger charge is 2.39. The van der Waals surface area contributed by atoms with E-state index in [0.717, 1.165) is 50.5 Å². The predicted octanol–water partition coefficient (Wildman–Crippen LogP) is 0.444. The van der Waals surface area contributed by atoms with Crippen LogP contribution in [-0.4, -0.2) is 50.1 Å². The van der Waals surface area contributed by atoms with Gasteiger partial charge in [-0.25, -0.2) is 0 Å². The average Bonchev–Trinajstić information content (AvgIpc) is 3.00. The number of hydrogen-bond donors (Lipinski definition) is 2. The Hall–Kier alpha value is -0.610. The third-order valence-electron chi connectivity index (χ3n) is 5.02. The number of carbonyl (C=O) groups excluding carboxylic acids is 1. The Labute approximate surface area is 109 Å². The van der Waals surface area contributed by atoms with Crippen LogP contribution in [0.3, 0.4) is 0 Å². The lowest BCUT2D eigenvalue weighted by molar-refractivity contribution is -0.122. The van der Waals surface area contributed by atoms with E-state index in [-0.39, 0.29) is 5.91 Å². The average molecular weight is 251 g/mol. The molecule has 0 radical (unpaired) electrons. The van der Waals surface area contributed by atoms with Crippen molar-refractivity contribution in [3.63, 3.8) is 0 Å². The van der Waals surface area contributed by atoms with Crippen molar-refractivity contribution in [3.05, 3.63) is 0 Å². The third-order valence-corrected chi connectivity index (χ3v) is 5.02. The van der Waals surface area contributed by atoms with Gasteiger partial charge in [0.2, 0.25) is 5.91 Å². The van der Waals surface area contributed by atoms with Crippen LogP contribution >= 0.6 is 0 Å². The van der Waals surface area contributed by atoms with Gasteiger partial charge in [0.15, 0.2) is 0 Å². The van der Waals surface area contributed by atoms with E-state index in [1.54, 1.807) is 0 Å². The van der Waals surface area contributed by atoms with Crippen LogP contribution in [0.2, 0.25) is 0 Å². The Morgan fingerprint density at radius 1 is 1.22 bits per heavy atom. The molecule has 1 aliphatic heterocycles. The fourth-order valence-electron chi connectivity index (χ4n) is 4.00. The van der Waals surface area contributed by atoms with Gasteiger partial charge in [-0.2, -0.15) is 0 Å². The molecule has 1 amide bonds. The van der Waals surface area contributed by atoms with Crippen LogP contribution in [0.1, 0.15) is 25.7 Å². The highest BCUT2D eigenvalue weighted by molar-refractivity contribution is 5.78. The molecule has 0 spiro atoms. The monoisotopic (exact) mass is 251 g/mol. The first-order valence-corrected chi connectivity index (χ1v) is 7.51. The Morgan fingerprint density at radius 2 is 2.06 bits per heavy atom. The topological polar surface area (TPSA) is 44.4 Å². The summed E-state index contributed by atoms with van der Waals surface area (Å²) < 4.78 is 0. The fraction of sp³-hybridized carbons (Fsp3) is 0.929. The van der Waals surface area contributed by atoms with E-state index in [1.807, 2.05) is 0 Å². The standard InChI is InChI=1S/C14H25N3O/c18-14(10-17-5-3-15-4-6-17)16-9-13-8-11-1-2-12(13)7-11/h11-13,15H,1-10H2,(H,16,18). The normalized spacial score (nSPS) is 35.9. The van der Waals surface area contributed by atoms with E-state index in [1.165, 1.54) is 25.7 Å². The minimum atomic E-state index is 0.222. The van der Waals surface area contributed by atoms with Crippen molar-refractivity contribution in [3.8, 4) is 0 Å². The van der Waals surface area contributed by atoms with E-state index in [9.17, 15) is 4.79 Å². The lowest BCUT2D eigenvalue weighted by Crippen LogP contribution is -2.48. The van der Waals surface area contributed by atoms with E-state index < -0.39 is 0 Å². The number of fused-ring (bicyclic) bond motifs is 2. The molecule has 102 valence electrons. The lowest BCUT2D eigenvalue weighted by Gasteiger charge is -2.27. The van der Waals surface area contributed by atoms with Crippen LogP contribution in [0.4, 0.5) is 0 Å². The largest absolute Gasteiger partial charge is 0.355 e. The Balaban J connectivity index is 1.36. The summed E-state index contributed by atoms with van der Waals surface area (Å²) in [6.45, 7) is 5.54. The van der Waals surface area contributed by atoms with Crippen LogP contribution in [0, 0.1) is 17.8 Å². The van der Waals surface area contributed by atoms with Crippen molar-refractivity contribution in [2.75, 3.05) is 39.3 Å². The molecule has 3 aliphatic rings. The molecule has 3 atom stereocenters. The van der Waals surface area contributed by atoms with Crippen molar-refractivity contribution in [2.24, 2.45) is 17.8 Å². The summed E-state index contributed by atoms with van der Waals surface area (Å²) in [5.41, 5.74) is 0.